The van der Waals surface area contributed by atoms with E-state index in [0.29, 0.717) is 24.4 Å². The summed E-state index contributed by atoms with van der Waals surface area (Å²) in [5.74, 6) is 3.13. The second-order valence-corrected chi connectivity index (χ2v) is 3.66. The lowest BCUT2D eigenvalue weighted by atomic mass is 10.2. The molecule has 0 aromatic heterocycles. The quantitative estimate of drug-likeness (QED) is 0.727. The van der Waals surface area contributed by atoms with Gasteiger partial charge in [0.25, 0.3) is 5.91 Å². The van der Waals surface area contributed by atoms with Gasteiger partial charge in [-0.25, -0.2) is 0 Å². The Bertz CT molecular complexity index is 420. The average Bonchev–Trinajstić information content (AvgIpc) is 2.38. The standard InChI is InChI=1S/C14H17NO2/c1-4-9-15(10-5-2)14(16)12-7-6-8-13(11-12)17-3/h1,6-8,11H,5,9-10H2,2-3H3. The van der Waals surface area contributed by atoms with Crippen LogP contribution in [0.1, 0.15) is 23.7 Å². The smallest absolute Gasteiger partial charge is 0.254 e. The number of terminal acetylenes is 1. The molecule has 1 rings (SSSR count). The normalized spacial score (nSPS) is 9.47. The summed E-state index contributed by atoms with van der Waals surface area (Å²) < 4.78 is 5.09. The van der Waals surface area contributed by atoms with E-state index < -0.39 is 0 Å². The van der Waals surface area contributed by atoms with E-state index in [1.54, 1.807) is 30.2 Å². The predicted molar refractivity (Wildman–Crippen MR) is 68.0 cm³/mol. The van der Waals surface area contributed by atoms with Crippen molar-refractivity contribution in [3.05, 3.63) is 29.8 Å². The number of hydrogen-bond donors (Lipinski definition) is 0. The fourth-order valence-corrected chi connectivity index (χ4v) is 1.57. The molecule has 0 aliphatic carbocycles. The minimum Gasteiger partial charge on any atom is -0.497 e. The van der Waals surface area contributed by atoms with Crippen LogP contribution in [0.25, 0.3) is 0 Å². The summed E-state index contributed by atoms with van der Waals surface area (Å²) in [5.41, 5.74) is 0.605. The summed E-state index contributed by atoms with van der Waals surface area (Å²) in [4.78, 5) is 13.8. The van der Waals surface area contributed by atoms with Gasteiger partial charge in [0.15, 0.2) is 0 Å². The van der Waals surface area contributed by atoms with Gasteiger partial charge in [-0.15, -0.1) is 6.42 Å². The Morgan fingerprint density at radius 2 is 2.29 bits per heavy atom. The van der Waals surface area contributed by atoms with Crippen molar-refractivity contribution in [1.29, 1.82) is 0 Å². The zero-order valence-electron chi connectivity index (χ0n) is 10.3. The van der Waals surface area contributed by atoms with Gasteiger partial charge in [0.2, 0.25) is 0 Å². The molecule has 0 atom stereocenters. The summed E-state index contributed by atoms with van der Waals surface area (Å²) in [6, 6.07) is 7.10. The largest absolute Gasteiger partial charge is 0.497 e. The molecule has 0 spiro atoms. The molecule has 0 bridgehead atoms. The summed E-state index contributed by atoms with van der Waals surface area (Å²) >= 11 is 0. The molecule has 1 aromatic carbocycles. The third kappa shape index (κ3) is 3.53. The molecule has 0 saturated carbocycles. The van der Waals surface area contributed by atoms with Crippen molar-refractivity contribution in [2.75, 3.05) is 20.2 Å². The highest BCUT2D eigenvalue weighted by Crippen LogP contribution is 2.14. The van der Waals surface area contributed by atoms with Gasteiger partial charge in [-0.1, -0.05) is 18.9 Å². The first-order chi connectivity index (χ1) is 8.22. The van der Waals surface area contributed by atoms with E-state index in [1.165, 1.54) is 0 Å². The number of methoxy groups -OCH3 is 1. The van der Waals surface area contributed by atoms with Crippen molar-refractivity contribution in [1.82, 2.24) is 4.90 Å². The predicted octanol–water partition coefficient (Wildman–Crippen LogP) is 2.18. The van der Waals surface area contributed by atoms with Crippen LogP contribution in [0, 0.1) is 12.3 Å². The van der Waals surface area contributed by atoms with Crippen molar-refractivity contribution in [2.45, 2.75) is 13.3 Å². The molecular formula is C14H17NO2. The monoisotopic (exact) mass is 231 g/mol. The fraction of sp³-hybridized carbons (Fsp3) is 0.357. The summed E-state index contributed by atoms with van der Waals surface area (Å²) in [5, 5.41) is 0. The number of amides is 1. The minimum absolute atomic E-state index is 0.0521. The van der Waals surface area contributed by atoms with Gasteiger partial charge in [0.05, 0.1) is 13.7 Å². The highest BCUT2D eigenvalue weighted by molar-refractivity contribution is 5.94. The van der Waals surface area contributed by atoms with Gasteiger partial charge in [0.1, 0.15) is 5.75 Å². The Morgan fingerprint density at radius 3 is 2.88 bits per heavy atom. The maximum absolute atomic E-state index is 12.2. The van der Waals surface area contributed by atoms with E-state index in [-0.39, 0.29) is 5.91 Å². The summed E-state index contributed by atoms with van der Waals surface area (Å²) in [7, 11) is 1.58. The van der Waals surface area contributed by atoms with Gasteiger partial charge < -0.3 is 9.64 Å². The zero-order chi connectivity index (χ0) is 12.7. The Kier molecular flexibility index (Phi) is 5.09. The molecule has 3 nitrogen and oxygen atoms in total. The SMILES string of the molecule is C#CCN(CCC)C(=O)c1cccc(OC)c1. The molecule has 90 valence electrons. The van der Waals surface area contributed by atoms with Crippen LogP contribution in [0.15, 0.2) is 24.3 Å². The Morgan fingerprint density at radius 1 is 1.53 bits per heavy atom. The van der Waals surface area contributed by atoms with Gasteiger partial charge in [-0.2, -0.15) is 0 Å². The number of nitrogens with zero attached hydrogens (tertiary/aromatic N) is 1. The zero-order valence-corrected chi connectivity index (χ0v) is 10.3. The lowest BCUT2D eigenvalue weighted by Crippen LogP contribution is -2.32. The molecule has 0 aliphatic rings. The van der Waals surface area contributed by atoms with Crippen LogP contribution in [0.5, 0.6) is 5.75 Å². The summed E-state index contributed by atoms with van der Waals surface area (Å²) in [6.45, 7) is 3.02. The lowest BCUT2D eigenvalue weighted by molar-refractivity contribution is 0.0776. The van der Waals surface area contributed by atoms with E-state index in [9.17, 15) is 4.79 Å². The molecule has 0 fully saturated rings. The fourth-order valence-electron chi connectivity index (χ4n) is 1.57. The van der Waals surface area contributed by atoms with E-state index >= 15 is 0 Å². The maximum atomic E-state index is 12.2. The minimum atomic E-state index is -0.0521. The van der Waals surface area contributed by atoms with E-state index in [1.807, 2.05) is 13.0 Å². The third-order valence-corrected chi connectivity index (χ3v) is 2.38. The molecule has 0 aliphatic heterocycles. The highest BCUT2D eigenvalue weighted by atomic mass is 16.5. The van der Waals surface area contributed by atoms with Crippen LogP contribution in [0.2, 0.25) is 0 Å². The molecule has 1 aromatic rings. The van der Waals surface area contributed by atoms with Gasteiger partial charge >= 0.3 is 0 Å². The van der Waals surface area contributed by atoms with Crippen molar-refractivity contribution in [3.8, 4) is 18.1 Å². The van der Waals surface area contributed by atoms with Crippen molar-refractivity contribution in [3.63, 3.8) is 0 Å². The first kappa shape index (κ1) is 13.1. The molecule has 0 radical (unpaired) electrons. The van der Waals surface area contributed by atoms with Crippen LogP contribution in [0.3, 0.4) is 0 Å². The van der Waals surface area contributed by atoms with E-state index in [2.05, 4.69) is 5.92 Å². The maximum Gasteiger partial charge on any atom is 0.254 e. The van der Waals surface area contributed by atoms with Gasteiger partial charge in [0, 0.05) is 12.1 Å². The molecule has 0 saturated heterocycles. The van der Waals surface area contributed by atoms with E-state index in [0.717, 1.165) is 6.42 Å². The number of benzene rings is 1. The molecule has 0 unspecified atom stereocenters. The Hall–Kier alpha value is -1.95. The topological polar surface area (TPSA) is 29.5 Å². The molecule has 17 heavy (non-hydrogen) atoms. The van der Waals surface area contributed by atoms with Crippen LogP contribution in [0.4, 0.5) is 0 Å². The van der Waals surface area contributed by atoms with Crippen molar-refractivity contribution < 1.29 is 9.53 Å². The molecular weight excluding hydrogens is 214 g/mol. The average molecular weight is 231 g/mol. The van der Waals surface area contributed by atoms with Crippen molar-refractivity contribution in [2.24, 2.45) is 0 Å². The van der Waals surface area contributed by atoms with Gasteiger partial charge in [-0.05, 0) is 24.6 Å². The number of hydrogen-bond acceptors (Lipinski definition) is 2. The first-order valence-corrected chi connectivity index (χ1v) is 5.59. The number of rotatable bonds is 5. The van der Waals surface area contributed by atoms with E-state index in [4.69, 9.17) is 11.2 Å². The number of carbonyl (C=O) groups is 1. The van der Waals surface area contributed by atoms with Crippen LogP contribution < -0.4 is 4.74 Å². The van der Waals surface area contributed by atoms with Crippen LogP contribution >= 0.6 is 0 Å². The second kappa shape index (κ2) is 6.59. The van der Waals surface area contributed by atoms with Gasteiger partial charge in [-0.3, -0.25) is 4.79 Å². The van der Waals surface area contributed by atoms with Crippen LogP contribution in [-0.4, -0.2) is 31.0 Å². The molecule has 0 heterocycles. The van der Waals surface area contributed by atoms with Crippen molar-refractivity contribution >= 4 is 5.91 Å². The summed E-state index contributed by atoms with van der Waals surface area (Å²) in [6.07, 6.45) is 6.15. The highest BCUT2D eigenvalue weighted by Gasteiger charge is 2.14. The van der Waals surface area contributed by atoms with Crippen LogP contribution in [-0.2, 0) is 0 Å². The molecule has 3 heteroatoms. The number of ether oxygens (including phenoxy) is 1. The number of carbonyl (C=O) groups excluding carboxylic acids is 1. The molecule has 0 N–H and O–H groups in total. The first-order valence-electron chi connectivity index (χ1n) is 5.59. The molecule has 1 amide bonds. The Labute approximate surface area is 102 Å². The second-order valence-electron chi connectivity index (χ2n) is 3.66. The third-order valence-electron chi connectivity index (χ3n) is 2.38. The lowest BCUT2D eigenvalue weighted by Gasteiger charge is -2.19. The Balaban J connectivity index is 2.88.